The Morgan fingerprint density at radius 2 is 1.73 bits per heavy atom. The van der Waals surface area contributed by atoms with Crippen LogP contribution >= 0.6 is 15.9 Å². The lowest BCUT2D eigenvalue weighted by Gasteiger charge is -2.32. The van der Waals surface area contributed by atoms with Crippen molar-refractivity contribution in [2.24, 2.45) is 0 Å². The second kappa shape index (κ2) is 12.2. The molecule has 9 heteroatoms. The summed E-state index contributed by atoms with van der Waals surface area (Å²) in [7, 11) is -3.73. The Morgan fingerprint density at radius 3 is 2.30 bits per heavy atom. The molecule has 0 aromatic heterocycles. The lowest BCUT2D eigenvalue weighted by atomic mass is 10.1. The van der Waals surface area contributed by atoms with E-state index in [0.29, 0.717) is 16.6 Å². The molecule has 0 saturated heterocycles. The Morgan fingerprint density at radius 1 is 1.06 bits per heavy atom. The van der Waals surface area contributed by atoms with Crippen LogP contribution in [0.4, 0.5) is 5.69 Å². The molecule has 2 aromatic carbocycles. The minimum atomic E-state index is -3.73. The van der Waals surface area contributed by atoms with E-state index in [1.54, 1.807) is 31.2 Å². The summed E-state index contributed by atoms with van der Waals surface area (Å²) in [6.07, 6.45) is 2.37. The van der Waals surface area contributed by atoms with E-state index in [2.05, 4.69) is 21.2 Å². The summed E-state index contributed by atoms with van der Waals surface area (Å²) in [5.74, 6) is -0.706. The van der Waals surface area contributed by atoms with Gasteiger partial charge in [0, 0.05) is 17.1 Å². The molecule has 0 heterocycles. The van der Waals surface area contributed by atoms with Crippen LogP contribution in [0.25, 0.3) is 0 Å². The van der Waals surface area contributed by atoms with Gasteiger partial charge in [-0.05, 0) is 50.5 Å². The smallest absolute Gasteiger partial charge is 0.244 e. The highest BCUT2D eigenvalue weighted by molar-refractivity contribution is 9.10. The molecule has 0 spiro atoms. The summed E-state index contributed by atoms with van der Waals surface area (Å²) >= 11 is 3.35. The number of hydrogen-bond donors (Lipinski definition) is 1. The zero-order valence-corrected chi connectivity index (χ0v) is 21.9. The fourth-order valence-electron chi connectivity index (χ4n) is 3.28. The highest BCUT2D eigenvalue weighted by Crippen LogP contribution is 2.22. The van der Waals surface area contributed by atoms with Crippen LogP contribution in [-0.2, 0) is 26.0 Å². The van der Waals surface area contributed by atoms with E-state index in [1.165, 1.54) is 4.90 Å². The van der Waals surface area contributed by atoms with E-state index in [9.17, 15) is 18.0 Å². The van der Waals surface area contributed by atoms with Crippen molar-refractivity contribution < 1.29 is 18.0 Å². The number of rotatable bonds is 11. The normalized spacial score (nSPS) is 13.1. The molecule has 0 aliphatic heterocycles. The summed E-state index contributed by atoms with van der Waals surface area (Å²) in [6, 6.07) is 15.6. The summed E-state index contributed by atoms with van der Waals surface area (Å²) < 4.78 is 26.8. The maximum Gasteiger partial charge on any atom is 0.244 e. The SMILES string of the molecule is CC[C@@H](C)NC(=O)[C@H](C)N(CCc1ccccc1)C(=O)CN(c1cccc(Br)c1)S(C)(=O)=O. The van der Waals surface area contributed by atoms with Crippen LogP contribution in [0.3, 0.4) is 0 Å². The molecule has 33 heavy (non-hydrogen) atoms. The van der Waals surface area contributed by atoms with Crippen molar-refractivity contribution >= 4 is 43.5 Å². The quantitative estimate of drug-likeness (QED) is 0.474. The van der Waals surface area contributed by atoms with Gasteiger partial charge in [-0.3, -0.25) is 13.9 Å². The molecule has 0 unspecified atom stereocenters. The van der Waals surface area contributed by atoms with Crippen molar-refractivity contribution in [2.75, 3.05) is 23.7 Å². The molecule has 0 bridgehead atoms. The molecule has 7 nitrogen and oxygen atoms in total. The third-order valence-corrected chi connectivity index (χ3v) is 7.06. The molecule has 2 amide bonds. The van der Waals surface area contributed by atoms with Gasteiger partial charge in [-0.2, -0.15) is 0 Å². The van der Waals surface area contributed by atoms with Gasteiger partial charge in [0.15, 0.2) is 0 Å². The number of nitrogens with zero attached hydrogens (tertiary/aromatic N) is 2. The number of anilines is 1. The maximum atomic E-state index is 13.4. The molecule has 0 aliphatic carbocycles. The van der Waals surface area contributed by atoms with Gasteiger partial charge in [-0.1, -0.05) is 59.3 Å². The second-order valence-corrected chi connectivity index (χ2v) is 10.9. The first-order valence-corrected chi connectivity index (χ1v) is 13.5. The van der Waals surface area contributed by atoms with Gasteiger partial charge in [0.25, 0.3) is 0 Å². The molecule has 2 rings (SSSR count). The molecule has 0 fully saturated rings. The molecule has 0 saturated carbocycles. The molecule has 1 N–H and O–H groups in total. The monoisotopic (exact) mass is 537 g/mol. The number of carbonyl (C=O) groups is 2. The van der Waals surface area contributed by atoms with Crippen LogP contribution in [0.15, 0.2) is 59.1 Å². The van der Waals surface area contributed by atoms with E-state index in [-0.39, 0.29) is 18.5 Å². The van der Waals surface area contributed by atoms with Crippen molar-refractivity contribution in [3.05, 3.63) is 64.6 Å². The van der Waals surface area contributed by atoms with Crippen LogP contribution in [0, 0.1) is 0 Å². The Labute approximate surface area is 205 Å². The van der Waals surface area contributed by atoms with E-state index in [1.807, 2.05) is 44.2 Å². The highest BCUT2D eigenvalue weighted by atomic mass is 79.9. The van der Waals surface area contributed by atoms with E-state index in [0.717, 1.165) is 22.5 Å². The van der Waals surface area contributed by atoms with Gasteiger partial charge < -0.3 is 10.2 Å². The van der Waals surface area contributed by atoms with Crippen molar-refractivity contribution in [1.82, 2.24) is 10.2 Å². The number of halogens is 1. The Bertz CT molecular complexity index is 1050. The summed E-state index contributed by atoms with van der Waals surface area (Å²) in [6.45, 7) is 5.43. The fourth-order valence-corrected chi connectivity index (χ4v) is 4.51. The zero-order valence-electron chi connectivity index (χ0n) is 19.5. The standard InChI is InChI=1S/C24H32BrN3O4S/c1-5-18(2)26-24(30)19(3)27(15-14-20-10-7-6-8-11-20)23(29)17-28(33(4,31)32)22-13-9-12-21(25)16-22/h6-13,16,18-19H,5,14-15,17H2,1-4H3,(H,26,30)/t18-,19+/m1/s1. The van der Waals surface area contributed by atoms with Gasteiger partial charge in [0.1, 0.15) is 12.6 Å². The Kier molecular flexibility index (Phi) is 9.91. The minimum Gasteiger partial charge on any atom is -0.352 e. The molecule has 2 aromatic rings. The predicted molar refractivity (Wildman–Crippen MR) is 136 cm³/mol. The maximum absolute atomic E-state index is 13.4. The number of amides is 2. The third kappa shape index (κ3) is 8.16. The number of nitrogens with one attached hydrogen (secondary N) is 1. The fraction of sp³-hybridized carbons (Fsp3) is 0.417. The van der Waals surface area contributed by atoms with E-state index < -0.39 is 28.5 Å². The van der Waals surface area contributed by atoms with Crippen LogP contribution < -0.4 is 9.62 Å². The minimum absolute atomic E-state index is 0.0276. The van der Waals surface area contributed by atoms with Crippen LogP contribution in [0.2, 0.25) is 0 Å². The van der Waals surface area contributed by atoms with Gasteiger partial charge in [0.2, 0.25) is 21.8 Å². The third-order valence-electron chi connectivity index (χ3n) is 5.43. The first-order valence-electron chi connectivity index (χ1n) is 10.9. The van der Waals surface area contributed by atoms with Crippen LogP contribution in [-0.4, -0.2) is 56.6 Å². The molecule has 0 radical (unpaired) electrons. The molecule has 0 aliphatic rings. The van der Waals surface area contributed by atoms with Gasteiger partial charge in [-0.15, -0.1) is 0 Å². The van der Waals surface area contributed by atoms with Crippen molar-refractivity contribution in [1.29, 1.82) is 0 Å². The van der Waals surface area contributed by atoms with Crippen molar-refractivity contribution in [2.45, 2.75) is 45.7 Å². The van der Waals surface area contributed by atoms with Crippen molar-refractivity contribution in [3.63, 3.8) is 0 Å². The predicted octanol–water partition coefficient (Wildman–Crippen LogP) is 3.59. The number of sulfonamides is 1. The average molecular weight is 539 g/mol. The highest BCUT2D eigenvalue weighted by Gasteiger charge is 2.30. The van der Waals surface area contributed by atoms with E-state index in [4.69, 9.17) is 0 Å². The van der Waals surface area contributed by atoms with Crippen LogP contribution in [0.5, 0.6) is 0 Å². The number of benzene rings is 2. The Hall–Kier alpha value is -2.39. The Balaban J connectivity index is 2.30. The number of carbonyl (C=O) groups excluding carboxylic acids is 2. The first-order chi connectivity index (χ1) is 15.5. The van der Waals surface area contributed by atoms with Gasteiger partial charge >= 0.3 is 0 Å². The van der Waals surface area contributed by atoms with Gasteiger partial charge in [0.05, 0.1) is 11.9 Å². The molecule has 180 valence electrons. The largest absolute Gasteiger partial charge is 0.352 e. The second-order valence-electron chi connectivity index (χ2n) is 8.07. The zero-order chi connectivity index (χ0) is 24.6. The van der Waals surface area contributed by atoms with Gasteiger partial charge in [-0.25, -0.2) is 8.42 Å². The topological polar surface area (TPSA) is 86.8 Å². The molecular formula is C24H32BrN3O4S. The summed E-state index contributed by atoms with van der Waals surface area (Å²) in [5.41, 5.74) is 1.40. The average Bonchev–Trinajstić information content (AvgIpc) is 2.77. The molecular weight excluding hydrogens is 506 g/mol. The lowest BCUT2D eigenvalue weighted by Crippen LogP contribution is -2.53. The van der Waals surface area contributed by atoms with E-state index >= 15 is 0 Å². The summed E-state index contributed by atoms with van der Waals surface area (Å²) in [4.78, 5) is 27.7. The lowest BCUT2D eigenvalue weighted by molar-refractivity contribution is -0.139. The molecule has 2 atom stereocenters. The first kappa shape index (κ1) is 26.9. The van der Waals surface area contributed by atoms with Crippen LogP contribution in [0.1, 0.15) is 32.8 Å². The van der Waals surface area contributed by atoms with Crippen molar-refractivity contribution in [3.8, 4) is 0 Å². The number of hydrogen-bond acceptors (Lipinski definition) is 4. The summed E-state index contributed by atoms with van der Waals surface area (Å²) in [5, 5.41) is 2.91.